The van der Waals surface area contributed by atoms with Gasteiger partial charge >= 0.3 is 0 Å². The topological polar surface area (TPSA) is 38.7 Å². The maximum absolute atomic E-state index is 4.89. The molecule has 0 saturated carbocycles. The molecule has 3 heterocycles. The Morgan fingerprint density at radius 1 is 0.262 bits per heavy atom. The van der Waals surface area contributed by atoms with Crippen molar-refractivity contribution in [3.63, 3.8) is 0 Å². The molecule has 0 aliphatic rings. The standard InChI is InChI=1S/C39H27N3/c1-2-8-28(9-3-1)29-12-14-30(15-13-29)31-16-18-32(19-17-31)33-20-22-34(23-21-33)35-26-38(36-10-4-6-24-40-36)42-39(27-35)37-11-5-7-25-41-37/h1-27H. The van der Waals surface area contributed by atoms with Crippen molar-refractivity contribution >= 4 is 0 Å². The summed E-state index contributed by atoms with van der Waals surface area (Å²) in [6.07, 6.45) is 3.59. The molecule has 0 fully saturated rings. The van der Waals surface area contributed by atoms with E-state index >= 15 is 0 Å². The van der Waals surface area contributed by atoms with Gasteiger partial charge in [0, 0.05) is 12.4 Å². The maximum Gasteiger partial charge on any atom is 0.0900 e. The van der Waals surface area contributed by atoms with Gasteiger partial charge in [-0.2, -0.15) is 0 Å². The second-order valence-electron chi connectivity index (χ2n) is 10.2. The number of rotatable bonds is 6. The predicted octanol–water partition coefficient (Wildman–Crippen LogP) is 9.87. The van der Waals surface area contributed by atoms with E-state index in [1.807, 2.05) is 42.5 Å². The van der Waals surface area contributed by atoms with Crippen molar-refractivity contribution in [2.45, 2.75) is 0 Å². The Balaban J connectivity index is 1.15. The number of hydrogen-bond acceptors (Lipinski definition) is 3. The molecule has 0 aliphatic carbocycles. The van der Waals surface area contributed by atoms with E-state index in [1.54, 1.807) is 12.4 Å². The van der Waals surface area contributed by atoms with Crippen LogP contribution in [0.3, 0.4) is 0 Å². The molecule has 3 aromatic heterocycles. The molecule has 42 heavy (non-hydrogen) atoms. The van der Waals surface area contributed by atoms with Crippen LogP contribution in [0.5, 0.6) is 0 Å². The smallest absolute Gasteiger partial charge is 0.0900 e. The first-order valence-corrected chi connectivity index (χ1v) is 14.0. The Labute approximate surface area is 245 Å². The molecular formula is C39H27N3. The minimum atomic E-state index is 0.824. The van der Waals surface area contributed by atoms with Gasteiger partial charge in [-0.05, 0) is 80.9 Å². The highest BCUT2D eigenvalue weighted by Gasteiger charge is 2.11. The van der Waals surface area contributed by atoms with Gasteiger partial charge in [-0.3, -0.25) is 9.97 Å². The molecule has 198 valence electrons. The lowest BCUT2D eigenvalue weighted by Crippen LogP contribution is -1.93. The first-order valence-electron chi connectivity index (χ1n) is 14.0. The summed E-state index contributed by atoms with van der Waals surface area (Å²) in [6, 6.07) is 52.7. The fourth-order valence-corrected chi connectivity index (χ4v) is 5.18. The Bertz CT molecular complexity index is 1860. The molecule has 0 N–H and O–H groups in total. The van der Waals surface area contributed by atoms with E-state index in [-0.39, 0.29) is 0 Å². The van der Waals surface area contributed by atoms with Crippen molar-refractivity contribution in [1.82, 2.24) is 15.0 Å². The lowest BCUT2D eigenvalue weighted by molar-refractivity contribution is 1.22. The molecule has 0 atom stereocenters. The average Bonchev–Trinajstić information content (AvgIpc) is 3.09. The molecule has 7 rings (SSSR count). The molecule has 0 amide bonds. The number of aromatic nitrogens is 3. The lowest BCUT2D eigenvalue weighted by atomic mass is 9.96. The summed E-state index contributed by atoms with van der Waals surface area (Å²) in [5, 5.41) is 0. The lowest BCUT2D eigenvalue weighted by Gasteiger charge is -2.10. The van der Waals surface area contributed by atoms with Crippen LogP contribution < -0.4 is 0 Å². The highest BCUT2D eigenvalue weighted by Crippen LogP contribution is 2.32. The third kappa shape index (κ3) is 5.36. The summed E-state index contributed by atoms with van der Waals surface area (Å²) in [5.74, 6) is 0. The summed E-state index contributed by atoms with van der Waals surface area (Å²) in [4.78, 5) is 14.0. The van der Waals surface area contributed by atoms with Crippen molar-refractivity contribution in [2.75, 3.05) is 0 Å². The van der Waals surface area contributed by atoms with Crippen LogP contribution in [0.2, 0.25) is 0 Å². The molecule has 3 nitrogen and oxygen atoms in total. The second kappa shape index (κ2) is 11.4. The highest BCUT2D eigenvalue weighted by molar-refractivity contribution is 5.78. The monoisotopic (exact) mass is 537 g/mol. The molecule has 0 spiro atoms. The van der Waals surface area contributed by atoms with Crippen LogP contribution in [0.1, 0.15) is 0 Å². The van der Waals surface area contributed by atoms with Crippen molar-refractivity contribution in [2.24, 2.45) is 0 Å². The zero-order valence-electron chi connectivity index (χ0n) is 22.9. The minimum Gasteiger partial charge on any atom is -0.255 e. The SMILES string of the molecule is c1ccc(-c2ccc(-c3ccc(-c4ccc(-c5cc(-c6ccccn6)nc(-c6ccccn6)c5)cc4)cc3)cc2)cc1. The Morgan fingerprint density at radius 3 is 0.952 bits per heavy atom. The fraction of sp³-hybridized carbons (Fsp3) is 0. The first kappa shape index (κ1) is 25.3. The van der Waals surface area contributed by atoms with E-state index in [4.69, 9.17) is 4.98 Å². The number of pyridine rings is 3. The van der Waals surface area contributed by atoms with E-state index in [1.165, 1.54) is 33.4 Å². The van der Waals surface area contributed by atoms with Gasteiger partial charge in [0.25, 0.3) is 0 Å². The van der Waals surface area contributed by atoms with E-state index in [9.17, 15) is 0 Å². The van der Waals surface area contributed by atoms with Gasteiger partial charge in [0.2, 0.25) is 0 Å². The van der Waals surface area contributed by atoms with Crippen LogP contribution in [0.15, 0.2) is 164 Å². The van der Waals surface area contributed by atoms with E-state index < -0.39 is 0 Å². The first-order chi connectivity index (χ1) is 20.8. The van der Waals surface area contributed by atoms with Gasteiger partial charge in [0.05, 0.1) is 22.8 Å². The van der Waals surface area contributed by atoms with Crippen LogP contribution in [0, 0.1) is 0 Å². The third-order valence-corrected chi connectivity index (χ3v) is 7.44. The zero-order valence-corrected chi connectivity index (χ0v) is 22.9. The quantitative estimate of drug-likeness (QED) is 0.212. The minimum absolute atomic E-state index is 0.824. The number of benzene rings is 4. The van der Waals surface area contributed by atoms with Gasteiger partial charge in [-0.25, -0.2) is 4.98 Å². The van der Waals surface area contributed by atoms with Gasteiger partial charge < -0.3 is 0 Å². The van der Waals surface area contributed by atoms with Crippen LogP contribution >= 0.6 is 0 Å². The second-order valence-corrected chi connectivity index (χ2v) is 10.2. The molecular weight excluding hydrogens is 510 g/mol. The van der Waals surface area contributed by atoms with E-state index in [0.29, 0.717) is 0 Å². The summed E-state index contributed by atoms with van der Waals surface area (Å²) in [5.41, 5.74) is 12.7. The Morgan fingerprint density at radius 2 is 0.595 bits per heavy atom. The largest absolute Gasteiger partial charge is 0.255 e. The van der Waals surface area contributed by atoms with Crippen LogP contribution in [-0.4, -0.2) is 15.0 Å². The average molecular weight is 538 g/mol. The molecule has 0 radical (unpaired) electrons. The van der Waals surface area contributed by atoms with Gasteiger partial charge in [-0.15, -0.1) is 0 Å². The Kier molecular flexibility index (Phi) is 6.89. The molecule has 3 heteroatoms. The zero-order chi connectivity index (χ0) is 28.1. The van der Waals surface area contributed by atoms with Gasteiger partial charge in [-0.1, -0.05) is 115 Å². The summed E-state index contributed by atoms with van der Waals surface area (Å²) < 4.78 is 0. The summed E-state index contributed by atoms with van der Waals surface area (Å²) in [6.45, 7) is 0. The maximum atomic E-state index is 4.89. The van der Waals surface area contributed by atoms with E-state index in [2.05, 4.69) is 119 Å². The normalized spacial score (nSPS) is 10.9. The van der Waals surface area contributed by atoms with Crippen LogP contribution in [-0.2, 0) is 0 Å². The van der Waals surface area contributed by atoms with Gasteiger partial charge in [0.1, 0.15) is 0 Å². The van der Waals surface area contributed by atoms with Crippen LogP contribution in [0.4, 0.5) is 0 Å². The van der Waals surface area contributed by atoms with Crippen molar-refractivity contribution in [3.05, 3.63) is 164 Å². The molecule has 4 aromatic carbocycles. The summed E-state index contributed by atoms with van der Waals surface area (Å²) in [7, 11) is 0. The summed E-state index contributed by atoms with van der Waals surface area (Å²) >= 11 is 0. The molecule has 7 aromatic rings. The number of hydrogen-bond donors (Lipinski definition) is 0. The molecule has 0 saturated heterocycles. The third-order valence-electron chi connectivity index (χ3n) is 7.44. The molecule has 0 unspecified atom stereocenters. The predicted molar refractivity (Wildman–Crippen MR) is 172 cm³/mol. The van der Waals surface area contributed by atoms with Gasteiger partial charge in [0.15, 0.2) is 0 Å². The number of nitrogens with zero attached hydrogens (tertiary/aromatic N) is 3. The highest BCUT2D eigenvalue weighted by atomic mass is 14.8. The van der Waals surface area contributed by atoms with Crippen molar-refractivity contribution in [1.29, 1.82) is 0 Å². The molecule has 0 aliphatic heterocycles. The van der Waals surface area contributed by atoms with Crippen molar-refractivity contribution in [3.8, 4) is 67.3 Å². The van der Waals surface area contributed by atoms with Crippen molar-refractivity contribution < 1.29 is 0 Å². The van der Waals surface area contributed by atoms with Crippen LogP contribution in [0.25, 0.3) is 67.3 Å². The molecule has 0 bridgehead atoms. The van der Waals surface area contributed by atoms with E-state index in [0.717, 1.165) is 33.9 Å². The fourth-order valence-electron chi connectivity index (χ4n) is 5.18. The Hall–Kier alpha value is -5.67.